The molecule has 0 fully saturated rings. The van der Waals surface area contributed by atoms with Gasteiger partial charge in [-0.3, -0.25) is 4.79 Å². The molecule has 4 nitrogen and oxygen atoms in total. The lowest BCUT2D eigenvalue weighted by Gasteiger charge is -2.13. The first kappa shape index (κ1) is 16.6. The van der Waals surface area contributed by atoms with Crippen LogP contribution in [0.4, 0.5) is 13.2 Å². The van der Waals surface area contributed by atoms with E-state index < -0.39 is 23.3 Å². The Balaban J connectivity index is 2.61. The van der Waals surface area contributed by atoms with Gasteiger partial charge < -0.3 is 5.32 Å². The molecule has 1 aromatic carbocycles. The third-order valence-corrected chi connectivity index (χ3v) is 3.51. The van der Waals surface area contributed by atoms with Gasteiger partial charge >= 0.3 is 6.18 Å². The van der Waals surface area contributed by atoms with E-state index in [1.807, 2.05) is 0 Å². The van der Waals surface area contributed by atoms with Crippen molar-refractivity contribution in [1.29, 1.82) is 0 Å². The molecule has 0 aliphatic heterocycles. The lowest BCUT2D eigenvalue weighted by molar-refractivity contribution is -0.143. The number of carbonyl (C=O) groups is 1. The smallest absolute Gasteiger partial charge is 0.352 e. The maximum atomic E-state index is 13.3. The topological polar surface area (TPSA) is 46.9 Å². The third kappa shape index (κ3) is 3.20. The van der Waals surface area contributed by atoms with Crippen molar-refractivity contribution in [3.8, 4) is 5.69 Å². The van der Waals surface area contributed by atoms with Crippen LogP contribution in [-0.2, 0) is 6.18 Å². The van der Waals surface area contributed by atoms with E-state index in [0.29, 0.717) is 4.68 Å². The van der Waals surface area contributed by atoms with Crippen molar-refractivity contribution in [3.05, 3.63) is 45.7 Å². The zero-order valence-electron chi connectivity index (χ0n) is 11.2. The van der Waals surface area contributed by atoms with E-state index in [-0.39, 0.29) is 22.3 Å². The Labute approximate surface area is 133 Å². The molecule has 0 aliphatic rings. The second kappa shape index (κ2) is 6.18. The highest BCUT2D eigenvalue weighted by Crippen LogP contribution is 2.34. The van der Waals surface area contributed by atoms with E-state index in [0.717, 1.165) is 6.20 Å². The molecular weight excluding hydrogens is 342 g/mol. The number of halogens is 5. The fraction of sp³-hybridized carbons (Fsp3) is 0.231. The van der Waals surface area contributed by atoms with Crippen molar-refractivity contribution >= 4 is 29.1 Å². The Morgan fingerprint density at radius 1 is 1.32 bits per heavy atom. The number of hydrogen-bond donors (Lipinski definition) is 1. The maximum Gasteiger partial charge on any atom is 0.434 e. The highest BCUT2D eigenvalue weighted by Gasteiger charge is 2.40. The quantitative estimate of drug-likeness (QED) is 0.909. The van der Waals surface area contributed by atoms with Crippen LogP contribution in [0.3, 0.4) is 0 Å². The fourth-order valence-electron chi connectivity index (χ4n) is 1.86. The van der Waals surface area contributed by atoms with Gasteiger partial charge in [-0.05, 0) is 25.1 Å². The van der Waals surface area contributed by atoms with Gasteiger partial charge in [-0.1, -0.05) is 23.2 Å². The fourth-order valence-corrected chi connectivity index (χ4v) is 2.15. The third-order valence-electron chi connectivity index (χ3n) is 2.77. The summed E-state index contributed by atoms with van der Waals surface area (Å²) >= 11 is 11.6. The largest absolute Gasteiger partial charge is 0.434 e. The molecule has 0 atom stereocenters. The summed E-state index contributed by atoms with van der Waals surface area (Å²) in [5.41, 5.74) is -1.67. The second-order valence-electron chi connectivity index (χ2n) is 4.27. The van der Waals surface area contributed by atoms with Crippen molar-refractivity contribution in [3.63, 3.8) is 0 Å². The average Bonchev–Trinajstić information content (AvgIpc) is 2.87. The van der Waals surface area contributed by atoms with Crippen LogP contribution in [0.25, 0.3) is 5.69 Å². The number of nitrogens with zero attached hydrogens (tertiary/aromatic N) is 2. The van der Waals surface area contributed by atoms with Gasteiger partial charge in [-0.15, -0.1) is 0 Å². The highest BCUT2D eigenvalue weighted by atomic mass is 35.5. The normalized spacial score (nSPS) is 11.5. The SMILES string of the molecule is CCNC(=O)c1cnn(-c2ccc(Cl)c(Cl)c2)c1C(F)(F)F. The Hall–Kier alpha value is -1.73. The molecule has 1 N–H and O–H groups in total. The van der Waals surface area contributed by atoms with Gasteiger partial charge in [-0.25, -0.2) is 4.68 Å². The number of amides is 1. The van der Waals surface area contributed by atoms with Gasteiger partial charge in [-0.2, -0.15) is 18.3 Å². The number of aromatic nitrogens is 2. The van der Waals surface area contributed by atoms with E-state index >= 15 is 0 Å². The van der Waals surface area contributed by atoms with Gasteiger partial charge in [0.15, 0.2) is 5.69 Å². The predicted molar refractivity (Wildman–Crippen MR) is 76.6 cm³/mol. The van der Waals surface area contributed by atoms with Crippen LogP contribution in [-0.4, -0.2) is 22.2 Å². The van der Waals surface area contributed by atoms with Gasteiger partial charge in [0.25, 0.3) is 5.91 Å². The zero-order valence-corrected chi connectivity index (χ0v) is 12.7. The molecule has 118 valence electrons. The van der Waals surface area contributed by atoms with Crippen LogP contribution < -0.4 is 5.32 Å². The van der Waals surface area contributed by atoms with Crippen LogP contribution in [0.5, 0.6) is 0 Å². The molecule has 0 saturated carbocycles. The molecule has 2 aromatic rings. The summed E-state index contributed by atoms with van der Waals surface area (Å²) in [6.45, 7) is 1.81. The standard InChI is InChI=1S/C13H10Cl2F3N3O/c1-2-19-12(22)8-6-20-21(11(8)13(16,17)18)7-3-4-9(14)10(15)5-7/h3-6H,2H2,1H3,(H,19,22). The minimum absolute atomic E-state index is 0.0530. The summed E-state index contributed by atoms with van der Waals surface area (Å²) in [7, 11) is 0. The number of alkyl halides is 3. The molecule has 0 aliphatic carbocycles. The minimum atomic E-state index is -4.76. The summed E-state index contributed by atoms with van der Waals surface area (Å²) < 4.78 is 40.5. The molecule has 2 rings (SSSR count). The molecule has 0 spiro atoms. The summed E-state index contributed by atoms with van der Waals surface area (Å²) in [5, 5.41) is 6.27. The van der Waals surface area contributed by atoms with Crippen LogP contribution in [0.1, 0.15) is 23.0 Å². The molecular formula is C13H10Cl2F3N3O. The lowest BCUT2D eigenvalue weighted by Crippen LogP contribution is -2.26. The number of rotatable bonds is 3. The van der Waals surface area contributed by atoms with Gasteiger partial charge in [0.1, 0.15) is 0 Å². The molecule has 0 bridgehead atoms. The minimum Gasteiger partial charge on any atom is -0.352 e. The average molecular weight is 352 g/mol. The first-order valence-corrected chi connectivity index (χ1v) is 6.90. The molecule has 1 aromatic heterocycles. The Bertz CT molecular complexity index is 713. The Morgan fingerprint density at radius 3 is 2.55 bits per heavy atom. The molecule has 0 saturated heterocycles. The molecule has 1 heterocycles. The van der Waals surface area contributed by atoms with Crippen LogP contribution in [0.2, 0.25) is 10.0 Å². The predicted octanol–water partition coefficient (Wildman–Crippen LogP) is 3.95. The van der Waals surface area contributed by atoms with Crippen LogP contribution in [0, 0.1) is 0 Å². The summed E-state index contributed by atoms with van der Waals surface area (Å²) in [6, 6.07) is 3.93. The van der Waals surface area contributed by atoms with Crippen molar-refractivity contribution < 1.29 is 18.0 Å². The van der Waals surface area contributed by atoms with Crippen LogP contribution >= 0.6 is 23.2 Å². The Morgan fingerprint density at radius 2 is 2.00 bits per heavy atom. The van der Waals surface area contributed by atoms with E-state index in [1.54, 1.807) is 6.92 Å². The first-order chi connectivity index (χ1) is 10.3. The molecule has 22 heavy (non-hydrogen) atoms. The van der Waals surface area contributed by atoms with Crippen LogP contribution in [0.15, 0.2) is 24.4 Å². The van der Waals surface area contributed by atoms with E-state index in [4.69, 9.17) is 23.2 Å². The van der Waals surface area contributed by atoms with Crippen molar-refractivity contribution in [2.45, 2.75) is 13.1 Å². The zero-order chi connectivity index (χ0) is 16.5. The lowest BCUT2D eigenvalue weighted by atomic mass is 10.2. The van der Waals surface area contributed by atoms with Gasteiger partial charge in [0.2, 0.25) is 0 Å². The summed E-state index contributed by atoms with van der Waals surface area (Å²) in [4.78, 5) is 11.8. The van der Waals surface area contributed by atoms with Crippen molar-refractivity contribution in [2.75, 3.05) is 6.54 Å². The second-order valence-corrected chi connectivity index (χ2v) is 5.09. The van der Waals surface area contributed by atoms with E-state index in [1.165, 1.54) is 18.2 Å². The number of carbonyl (C=O) groups excluding carboxylic acids is 1. The number of hydrogen-bond acceptors (Lipinski definition) is 2. The monoisotopic (exact) mass is 351 g/mol. The molecule has 9 heteroatoms. The van der Waals surface area contributed by atoms with Crippen molar-refractivity contribution in [2.24, 2.45) is 0 Å². The van der Waals surface area contributed by atoms with Gasteiger partial charge in [0, 0.05) is 6.54 Å². The number of nitrogens with one attached hydrogen (secondary N) is 1. The van der Waals surface area contributed by atoms with Crippen molar-refractivity contribution in [1.82, 2.24) is 15.1 Å². The van der Waals surface area contributed by atoms with E-state index in [2.05, 4.69) is 10.4 Å². The molecule has 0 radical (unpaired) electrons. The maximum absolute atomic E-state index is 13.3. The Kier molecular flexibility index (Phi) is 4.67. The molecule has 0 unspecified atom stereocenters. The van der Waals surface area contributed by atoms with Gasteiger partial charge in [0.05, 0.1) is 27.5 Å². The molecule has 1 amide bonds. The number of benzene rings is 1. The summed E-state index contributed by atoms with van der Waals surface area (Å²) in [6.07, 6.45) is -3.89. The van der Waals surface area contributed by atoms with E-state index in [9.17, 15) is 18.0 Å². The summed E-state index contributed by atoms with van der Waals surface area (Å²) in [5.74, 6) is -0.846. The highest BCUT2D eigenvalue weighted by molar-refractivity contribution is 6.42. The first-order valence-electron chi connectivity index (χ1n) is 6.14.